The summed E-state index contributed by atoms with van der Waals surface area (Å²) >= 11 is 0. The molecule has 1 amide bonds. The Hall–Kier alpha value is -2.63. The molecule has 0 unspecified atom stereocenters. The lowest BCUT2D eigenvalue weighted by Crippen LogP contribution is -2.13. The van der Waals surface area contributed by atoms with Crippen LogP contribution in [0.2, 0.25) is 0 Å². The molecule has 6 nitrogen and oxygen atoms in total. The zero-order valence-corrected chi connectivity index (χ0v) is 11.6. The Morgan fingerprint density at radius 3 is 2.85 bits per heavy atom. The van der Waals surface area contributed by atoms with Crippen LogP contribution < -0.4 is 5.32 Å². The van der Waals surface area contributed by atoms with Crippen molar-refractivity contribution in [3.05, 3.63) is 47.2 Å². The van der Waals surface area contributed by atoms with Crippen molar-refractivity contribution in [1.29, 1.82) is 0 Å². The molecule has 0 aliphatic carbocycles. The zero-order valence-electron chi connectivity index (χ0n) is 11.6. The number of hydrogen-bond acceptors (Lipinski definition) is 3. The van der Waals surface area contributed by atoms with Gasteiger partial charge in [0.25, 0.3) is 5.91 Å². The first-order valence-electron chi connectivity index (χ1n) is 6.33. The van der Waals surface area contributed by atoms with E-state index in [2.05, 4.69) is 20.5 Å². The normalized spacial score (nSPS) is 10.9. The van der Waals surface area contributed by atoms with Crippen LogP contribution in [0.3, 0.4) is 0 Å². The van der Waals surface area contributed by atoms with E-state index in [1.54, 1.807) is 6.20 Å². The second-order valence-electron chi connectivity index (χ2n) is 4.86. The molecule has 0 fully saturated rings. The smallest absolute Gasteiger partial charge is 0.275 e. The summed E-state index contributed by atoms with van der Waals surface area (Å²) in [5, 5.41) is 9.73. The van der Waals surface area contributed by atoms with Gasteiger partial charge in [0.05, 0.1) is 17.1 Å². The van der Waals surface area contributed by atoms with Crippen LogP contribution in [-0.4, -0.2) is 25.5 Å². The number of amides is 1. The summed E-state index contributed by atoms with van der Waals surface area (Å²) in [5.74, 6) is -0.237. The molecule has 3 rings (SSSR count). The largest absolute Gasteiger partial charge is 0.317 e. The predicted molar refractivity (Wildman–Crippen MR) is 75.9 cm³/mol. The number of imidazole rings is 1. The number of carbonyl (C=O) groups is 1. The Balaban J connectivity index is 1.93. The third kappa shape index (κ3) is 2.05. The number of carbonyl (C=O) groups excluding carboxylic acids is 1. The average Bonchev–Trinajstić information content (AvgIpc) is 2.96. The molecule has 0 spiro atoms. The van der Waals surface area contributed by atoms with E-state index in [1.807, 2.05) is 43.5 Å². The number of aromatic amines is 1. The van der Waals surface area contributed by atoms with E-state index in [9.17, 15) is 4.79 Å². The predicted octanol–water partition coefficient (Wildman–Crippen LogP) is 2.23. The van der Waals surface area contributed by atoms with Crippen molar-refractivity contribution in [2.75, 3.05) is 5.32 Å². The van der Waals surface area contributed by atoms with Gasteiger partial charge in [0.15, 0.2) is 0 Å². The van der Waals surface area contributed by atoms with E-state index < -0.39 is 0 Å². The lowest BCUT2D eigenvalue weighted by atomic mass is 10.3. The molecule has 0 atom stereocenters. The summed E-state index contributed by atoms with van der Waals surface area (Å²) in [7, 11) is 0. The Bertz CT molecular complexity index is 780. The van der Waals surface area contributed by atoms with Gasteiger partial charge in [0, 0.05) is 12.4 Å². The third-order valence-corrected chi connectivity index (χ3v) is 3.21. The van der Waals surface area contributed by atoms with Crippen molar-refractivity contribution >= 4 is 17.2 Å². The quantitative estimate of drug-likeness (QED) is 0.749. The van der Waals surface area contributed by atoms with E-state index in [-0.39, 0.29) is 5.91 Å². The third-order valence-electron chi connectivity index (χ3n) is 3.21. The summed E-state index contributed by atoms with van der Waals surface area (Å²) in [6.45, 7) is 5.70. The Morgan fingerprint density at radius 1 is 1.35 bits per heavy atom. The van der Waals surface area contributed by atoms with Gasteiger partial charge in [0.1, 0.15) is 11.3 Å². The van der Waals surface area contributed by atoms with Gasteiger partial charge in [-0.3, -0.25) is 9.89 Å². The summed E-state index contributed by atoms with van der Waals surface area (Å²) in [6, 6.07) is 3.91. The summed E-state index contributed by atoms with van der Waals surface area (Å²) in [6.07, 6.45) is 3.61. The van der Waals surface area contributed by atoms with Gasteiger partial charge in [-0.15, -0.1) is 0 Å². The molecule has 0 saturated carbocycles. The molecule has 102 valence electrons. The highest BCUT2D eigenvalue weighted by Crippen LogP contribution is 2.17. The molecule has 3 aromatic heterocycles. The van der Waals surface area contributed by atoms with Crippen LogP contribution in [0.4, 0.5) is 5.69 Å². The van der Waals surface area contributed by atoms with Crippen LogP contribution in [0.15, 0.2) is 24.5 Å². The van der Waals surface area contributed by atoms with Gasteiger partial charge in [-0.25, -0.2) is 4.98 Å². The van der Waals surface area contributed by atoms with E-state index in [4.69, 9.17) is 0 Å². The number of fused-ring (bicyclic) bond motifs is 1. The SMILES string of the molecule is Cc1ccn2cc(C(=O)Nc3c(C)n[nH]c3C)nc2c1. The number of hydrogen-bond donors (Lipinski definition) is 2. The first kappa shape index (κ1) is 12.4. The summed E-state index contributed by atoms with van der Waals surface area (Å²) < 4.78 is 1.83. The van der Waals surface area contributed by atoms with Crippen LogP contribution >= 0.6 is 0 Å². The molecule has 6 heteroatoms. The molecular formula is C14H15N5O. The van der Waals surface area contributed by atoms with Gasteiger partial charge < -0.3 is 9.72 Å². The fourth-order valence-electron chi connectivity index (χ4n) is 2.11. The molecule has 20 heavy (non-hydrogen) atoms. The van der Waals surface area contributed by atoms with Crippen molar-refractivity contribution < 1.29 is 4.79 Å². The second kappa shape index (κ2) is 4.48. The highest BCUT2D eigenvalue weighted by Gasteiger charge is 2.14. The number of pyridine rings is 1. The molecule has 0 aliphatic heterocycles. The van der Waals surface area contributed by atoms with Crippen molar-refractivity contribution in [1.82, 2.24) is 19.6 Å². The van der Waals surface area contributed by atoms with E-state index in [0.717, 1.165) is 22.6 Å². The minimum Gasteiger partial charge on any atom is -0.317 e. The topological polar surface area (TPSA) is 75.1 Å². The van der Waals surface area contributed by atoms with Crippen LogP contribution in [0.1, 0.15) is 27.4 Å². The van der Waals surface area contributed by atoms with Gasteiger partial charge in [-0.2, -0.15) is 5.10 Å². The zero-order chi connectivity index (χ0) is 14.3. The number of aromatic nitrogens is 4. The fourth-order valence-corrected chi connectivity index (χ4v) is 2.11. The maximum atomic E-state index is 12.2. The maximum absolute atomic E-state index is 12.2. The number of nitrogens with zero attached hydrogens (tertiary/aromatic N) is 3. The van der Waals surface area contributed by atoms with Crippen LogP contribution in [0, 0.1) is 20.8 Å². The van der Waals surface area contributed by atoms with E-state index in [0.29, 0.717) is 11.4 Å². The average molecular weight is 269 g/mol. The monoisotopic (exact) mass is 269 g/mol. The first-order chi connectivity index (χ1) is 9.54. The molecular weight excluding hydrogens is 254 g/mol. The van der Waals surface area contributed by atoms with Gasteiger partial charge >= 0.3 is 0 Å². The molecule has 0 aromatic carbocycles. The molecule has 3 aromatic rings. The Kier molecular flexibility index (Phi) is 2.78. The van der Waals surface area contributed by atoms with Gasteiger partial charge in [-0.1, -0.05) is 0 Å². The minimum absolute atomic E-state index is 0.237. The molecule has 3 heterocycles. The van der Waals surface area contributed by atoms with E-state index >= 15 is 0 Å². The highest BCUT2D eigenvalue weighted by atomic mass is 16.1. The molecule has 0 radical (unpaired) electrons. The maximum Gasteiger partial charge on any atom is 0.275 e. The van der Waals surface area contributed by atoms with E-state index in [1.165, 1.54) is 0 Å². The Labute approximate surface area is 115 Å². The van der Waals surface area contributed by atoms with Gasteiger partial charge in [0.2, 0.25) is 0 Å². The number of nitrogens with one attached hydrogen (secondary N) is 2. The van der Waals surface area contributed by atoms with Crippen molar-refractivity contribution in [2.45, 2.75) is 20.8 Å². The number of H-pyrrole nitrogens is 1. The summed E-state index contributed by atoms with van der Waals surface area (Å²) in [4.78, 5) is 16.6. The van der Waals surface area contributed by atoms with Crippen molar-refractivity contribution in [3.8, 4) is 0 Å². The number of anilines is 1. The summed E-state index contributed by atoms with van der Waals surface area (Å²) in [5.41, 5.74) is 4.55. The van der Waals surface area contributed by atoms with Crippen molar-refractivity contribution in [2.24, 2.45) is 0 Å². The lowest BCUT2D eigenvalue weighted by Gasteiger charge is -2.02. The van der Waals surface area contributed by atoms with Crippen LogP contribution in [-0.2, 0) is 0 Å². The molecule has 2 N–H and O–H groups in total. The van der Waals surface area contributed by atoms with Crippen LogP contribution in [0.25, 0.3) is 5.65 Å². The fraction of sp³-hybridized carbons (Fsp3) is 0.214. The standard InChI is InChI=1S/C14H15N5O/c1-8-4-5-19-7-11(15-12(19)6-8)14(20)16-13-9(2)17-18-10(13)3/h4-7H,1-3H3,(H,16,20)(H,17,18). The van der Waals surface area contributed by atoms with Crippen molar-refractivity contribution in [3.63, 3.8) is 0 Å². The Morgan fingerprint density at radius 2 is 2.15 bits per heavy atom. The molecule has 0 bridgehead atoms. The minimum atomic E-state index is -0.237. The van der Waals surface area contributed by atoms with Crippen LogP contribution in [0.5, 0.6) is 0 Å². The lowest BCUT2D eigenvalue weighted by molar-refractivity contribution is 0.102. The highest BCUT2D eigenvalue weighted by molar-refractivity contribution is 6.03. The number of rotatable bonds is 2. The molecule has 0 saturated heterocycles. The number of aryl methyl sites for hydroxylation is 3. The second-order valence-corrected chi connectivity index (χ2v) is 4.86. The van der Waals surface area contributed by atoms with Gasteiger partial charge in [-0.05, 0) is 38.5 Å². The first-order valence-corrected chi connectivity index (χ1v) is 6.33. The molecule has 0 aliphatic rings.